The summed E-state index contributed by atoms with van der Waals surface area (Å²) in [5.74, 6) is 1.07. The summed E-state index contributed by atoms with van der Waals surface area (Å²) in [6, 6.07) is 8.63. The van der Waals surface area contributed by atoms with Gasteiger partial charge in [0.1, 0.15) is 18.9 Å². The Kier molecular flexibility index (Phi) is 10.1. The number of hydrogen-bond acceptors (Lipinski definition) is 2. The lowest BCUT2D eigenvalue weighted by Gasteiger charge is -2.31. The summed E-state index contributed by atoms with van der Waals surface area (Å²) in [4.78, 5) is 0. The molecule has 0 unspecified atom stereocenters. The molecule has 144 valence electrons. The highest BCUT2D eigenvalue weighted by atomic mass is 31.2. The molecule has 25 heavy (non-hydrogen) atoms. The van der Waals surface area contributed by atoms with Crippen molar-refractivity contribution in [1.29, 1.82) is 0 Å². The summed E-state index contributed by atoms with van der Waals surface area (Å²) in [5, 5.41) is 4.10. The van der Waals surface area contributed by atoms with E-state index in [4.69, 9.17) is 4.43 Å². The minimum Gasteiger partial charge on any atom is -0.543 e. The van der Waals surface area contributed by atoms with Gasteiger partial charge in [0.2, 0.25) is 8.32 Å². The summed E-state index contributed by atoms with van der Waals surface area (Å²) in [5.41, 5.74) is 1.24. The first-order valence-electron chi connectivity index (χ1n) is 10.3. The van der Waals surface area contributed by atoms with Gasteiger partial charge in [0.15, 0.2) is 0 Å². The maximum atomic E-state index is 6.39. The number of hydrogen-bond donors (Lipinski definition) is 1. The molecule has 1 N–H and O–H groups in total. The van der Waals surface area contributed by atoms with Crippen molar-refractivity contribution in [2.45, 2.75) is 78.9 Å². The van der Waals surface area contributed by atoms with Crippen LogP contribution in [-0.2, 0) is 0 Å². The van der Waals surface area contributed by atoms with Crippen LogP contribution >= 0.6 is 7.41 Å². The highest BCUT2D eigenvalue weighted by Gasteiger charge is 2.36. The summed E-state index contributed by atoms with van der Waals surface area (Å²) < 4.78 is 6.39. The van der Waals surface area contributed by atoms with E-state index in [0.717, 1.165) is 5.75 Å². The maximum absolute atomic E-state index is 6.39. The van der Waals surface area contributed by atoms with Crippen molar-refractivity contribution in [1.82, 2.24) is 0 Å². The summed E-state index contributed by atoms with van der Waals surface area (Å²) >= 11 is 0. The second kappa shape index (κ2) is 11.2. The van der Waals surface area contributed by atoms with Crippen molar-refractivity contribution in [3.63, 3.8) is 0 Å². The lowest BCUT2D eigenvalue weighted by Crippen LogP contribution is -2.29. The Morgan fingerprint density at radius 3 is 1.76 bits per heavy atom. The minimum absolute atomic E-state index is 1.07. The molecule has 0 aliphatic carbocycles. The number of unbranched alkanes of at least 4 members (excludes halogenated alkanes) is 3. The molecular weight excluding hydrogens is 341 g/mol. The zero-order chi connectivity index (χ0) is 18.8. The van der Waals surface area contributed by atoms with Crippen LogP contribution in [0.25, 0.3) is 0 Å². The Morgan fingerprint density at radius 1 is 0.840 bits per heavy atom. The first-order chi connectivity index (χ1) is 11.9. The average molecular weight is 383 g/mol. The van der Waals surface area contributed by atoms with Crippen LogP contribution in [0.3, 0.4) is 0 Å². The first kappa shape index (κ1) is 22.5. The fraction of sp³-hybridized carbons (Fsp3) is 0.714. The van der Waals surface area contributed by atoms with Crippen LogP contribution in [0.2, 0.25) is 19.6 Å². The van der Waals surface area contributed by atoms with Crippen LogP contribution in [0.15, 0.2) is 24.3 Å². The van der Waals surface area contributed by atoms with Crippen molar-refractivity contribution < 1.29 is 4.43 Å². The van der Waals surface area contributed by atoms with E-state index in [1.54, 1.807) is 0 Å². The van der Waals surface area contributed by atoms with E-state index < -0.39 is 15.7 Å². The fourth-order valence-corrected chi connectivity index (χ4v) is 8.42. The number of rotatable bonds is 13. The van der Waals surface area contributed by atoms with E-state index in [0.29, 0.717) is 0 Å². The van der Waals surface area contributed by atoms with Gasteiger partial charge < -0.3 is 4.43 Å². The SMILES string of the molecule is CCCC[P+](CCCC)(CCCC)Nc1ccccc1O[Si](C)(C)C. The maximum Gasteiger partial charge on any atom is 0.242 e. The van der Waals surface area contributed by atoms with Crippen molar-refractivity contribution in [3.8, 4) is 5.75 Å². The topological polar surface area (TPSA) is 21.3 Å². The van der Waals surface area contributed by atoms with Crippen LogP contribution in [0, 0.1) is 0 Å². The molecule has 0 saturated heterocycles. The minimum atomic E-state index is -1.61. The molecule has 0 saturated carbocycles. The third-order valence-corrected chi connectivity index (χ3v) is 9.54. The van der Waals surface area contributed by atoms with Gasteiger partial charge in [-0.2, -0.15) is 0 Å². The highest BCUT2D eigenvalue weighted by molar-refractivity contribution is 7.77. The molecule has 0 atom stereocenters. The highest BCUT2D eigenvalue weighted by Crippen LogP contribution is 2.61. The van der Waals surface area contributed by atoms with Gasteiger partial charge in [0, 0.05) is 0 Å². The second-order valence-corrected chi connectivity index (χ2v) is 16.5. The van der Waals surface area contributed by atoms with Gasteiger partial charge in [-0.3, -0.25) is 5.09 Å². The molecule has 0 radical (unpaired) electrons. The quantitative estimate of drug-likeness (QED) is 0.279. The number of anilines is 1. The molecule has 1 aromatic rings. The van der Waals surface area contributed by atoms with Crippen LogP contribution in [0.4, 0.5) is 5.69 Å². The normalized spacial score (nSPS) is 12.2. The van der Waals surface area contributed by atoms with E-state index in [9.17, 15) is 0 Å². The predicted molar refractivity (Wildman–Crippen MR) is 120 cm³/mol. The fourth-order valence-electron chi connectivity index (χ4n) is 3.12. The molecule has 4 heteroatoms. The molecular formula is C21H41NOPSi+. The molecule has 0 heterocycles. The van der Waals surface area contributed by atoms with E-state index >= 15 is 0 Å². The third-order valence-electron chi connectivity index (χ3n) is 4.48. The summed E-state index contributed by atoms with van der Waals surface area (Å²) in [6.45, 7) is 13.7. The van der Waals surface area contributed by atoms with Crippen LogP contribution in [-0.4, -0.2) is 26.8 Å². The van der Waals surface area contributed by atoms with Crippen molar-refractivity contribution in [3.05, 3.63) is 24.3 Å². The lowest BCUT2D eigenvalue weighted by atomic mass is 10.3. The van der Waals surface area contributed by atoms with Crippen molar-refractivity contribution in [2.75, 3.05) is 23.6 Å². The van der Waals surface area contributed by atoms with Gasteiger partial charge in [-0.25, -0.2) is 0 Å². The Bertz CT molecular complexity index is 465. The molecule has 1 aromatic carbocycles. The molecule has 0 bridgehead atoms. The Balaban J connectivity index is 3.09. The standard InChI is InChI=1S/C21H41NOPSi/c1-7-10-17-24(18-11-8-2,19-12-9-3)22-20-15-13-14-16-21(20)23-25(4,5)6/h13-16,22H,7-12,17-19H2,1-6H3/q+1. The molecule has 0 spiro atoms. The molecule has 0 aromatic heterocycles. The summed E-state index contributed by atoms with van der Waals surface area (Å²) in [7, 11) is -2.78. The number of benzene rings is 1. The monoisotopic (exact) mass is 382 g/mol. The van der Waals surface area contributed by atoms with E-state index in [-0.39, 0.29) is 0 Å². The summed E-state index contributed by atoms with van der Waals surface area (Å²) in [6.07, 6.45) is 12.0. The smallest absolute Gasteiger partial charge is 0.242 e. The first-order valence-corrected chi connectivity index (χ1v) is 16.0. The van der Waals surface area contributed by atoms with Crippen LogP contribution in [0.5, 0.6) is 5.75 Å². The van der Waals surface area contributed by atoms with E-state index in [1.165, 1.54) is 62.7 Å². The zero-order valence-electron chi connectivity index (χ0n) is 17.5. The Morgan fingerprint density at radius 2 is 1.32 bits per heavy atom. The van der Waals surface area contributed by atoms with Gasteiger partial charge in [-0.05, 0) is 51.0 Å². The zero-order valence-corrected chi connectivity index (χ0v) is 19.4. The van der Waals surface area contributed by atoms with E-state index in [2.05, 4.69) is 69.8 Å². The van der Waals surface area contributed by atoms with Gasteiger partial charge in [0.25, 0.3) is 0 Å². The Labute approximate surface area is 158 Å². The van der Waals surface area contributed by atoms with Crippen molar-refractivity contribution >= 4 is 21.4 Å². The second-order valence-electron chi connectivity index (χ2n) is 8.20. The molecule has 0 fully saturated rings. The third kappa shape index (κ3) is 8.60. The van der Waals surface area contributed by atoms with Gasteiger partial charge in [-0.15, -0.1) is 0 Å². The van der Waals surface area contributed by atoms with E-state index in [1.807, 2.05) is 0 Å². The molecule has 0 aliphatic rings. The molecule has 0 amide bonds. The van der Waals surface area contributed by atoms with Crippen LogP contribution < -0.4 is 9.51 Å². The Hall–Kier alpha value is -0.533. The lowest BCUT2D eigenvalue weighted by molar-refractivity contribution is 0.560. The number of nitrogens with one attached hydrogen (secondary N) is 1. The molecule has 2 nitrogen and oxygen atoms in total. The van der Waals surface area contributed by atoms with Crippen LogP contribution in [0.1, 0.15) is 59.3 Å². The molecule has 0 aliphatic heterocycles. The largest absolute Gasteiger partial charge is 0.543 e. The number of para-hydroxylation sites is 2. The van der Waals surface area contributed by atoms with Gasteiger partial charge >= 0.3 is 0 Å². The van der Waals surface area contributed by atoms with Crippen molar-refractivity contribution in [2.24, 2.45) is 0 Å². The molecule has 1 rings (SSSR count). The van der Waals surface area contributed by atoms with Gasteiger partial charge in [0.05, 0.1) is 18.5 Å². The predicted octanol–water partition coefficient (Wildman–Crippen LogP) is 7.65. The average Bonchev–Trinajstić information content (AvgIpc) is 2.56. The van der Waals surface area contributed by atoms with Gasteiger partial charge in [-0.1, -0.05) is 52.2 Å².